The minimum atomic E-state index is 0.668. The van der Waals surface area contributed by atoms with Crippen molar-refractivity contribution >= 4 is 12.6 Å². The van der Waals surface area contributed by atoms with Gasteiger partial charge in [-0.25, -0.2) is 0 Å². The standard InChI is InChI=1S/C18H18O2/c1-11-5-7-13(3)17(15(11)9-19)18-14(4)8-6-12(2)16(18)10-20/h5-10H,1-4H3. The molecule has 20 heavy (non-hydrogen) atoms. The zero-order valence-corrected chi connectivity index (χ0v) is 12.3. The van der Waals surface area contributed by atoms with Gasteiger partial charge in [0.2, 0.25) is 0 Å². The largest absolute Gasteiger partial charge is 0.298 e. The van der Waals surface area contributed by atoms with E-state index in [1.807, 2.05) is 52.0 Å². The average molecular weight is 266 g/mol. The van der Waals surface area contributed by atoms with Crippen LogP contribution in [0.4, 0.5) is 0 Å². The van der Waals surface area contributed by atoms with E-state index in [-0.39, 0.29) is 0 Å². The third kappa shape index (κ3) is 2.18. The zero-order chi connectivity index (χ0) is 14.9. The monoisotopic (exact) mass is 266 g/mol. The van der Waals surface area contributed by atoms with Crippen LogP contribution in [-0.2, 0) is 0 Å². The first-order chi connectivity index (χ1) is 9.51. The number of benzene rings is 2. The van der Waals surface area contributed by atoms with Crippen LogP contribution in [0, 0.1) is 27.7 Å². The molecule has 2 rings (SSSR count). The fourth-order valence-electron chi connectivity index (χ4n) is 2.63. The molecule has 0 saturated heterocycles. The summed E-state index contributed by atoms with van der Waals surface area (Å²) in [5, 5.41) is 0. The third-order valence-corrected chi connectivity index (χ3v) is 3.83. The van der Waals surface area contributed by atoms with Gasteiger partial charge >= 0.3 is 0 Å². The maximum absolute atomic E-state index is 11.5. The van der Waals surface area contributed by atoms with Gasteiger partial charge in [0.1, 0.15) is 0 Å². The summed E-state index contributed by atoms with van der Waals surface area (Å²) in [6.07, 6.45) is 1.77. The third-order valence-electron chi connectivity index (χ3n) is 3.83. The maximum atomic E-state index is 11.5. The van der Waals surface area contributed by atoms with Crippen molar-refractivity contribution in [1.29, 1.82) is 0 Å². The Balaban J connectivity index is 2.95. The predicted octanol–water partition coefficient (Wildman–Crippen LogP) is 4.21. The highest BCUT2D eigenvalue weighted by atomic mass is 16.1. The minimum absolute atomic E-state index is 0.668. The quantitative estimate of drug-likeness (QED) is 0.780. The Morgan fingerprint density at radius 1 is 0.600 bits per heavy atom. The van der Waals surface area contributed by atoms with Gasteiger partial charge in [0.15, 0.2) is 12.6 Å². The summed E-state index contributed by atoms with van der Waals surface area (Å²) in [5.74, 6) is 0. The van der Waals surface area contributed by atoms with E-state index in [0.29, 0.717) is 11.1 Å². The van der Waals surface area contributed by atoms with Crippen LogP contribution in [-0.4, -0.2) is 12.6 Å². The summed E-state index contributed by atoms with van der Waals surface area (Å²) in [7, 11) is 0. The highest BCUT2D eigenvalue weighted by molar-refractivity contribution is 5.98. The minimum Gasteiger partial charge on any atom is -0.298 e. The zero-order valence-electron chi connectivity index (χ0n) is 12.3. The summed E-state index contributed by atoms with van der Waals surface area (Å²) in [5.41, 5.74) is 6.97. The molecule has 0 aliphatic heterocycles. The second-order valence-electron chi connectivity index (χ2n) is 5.21. The van der Waals surface area contributed by atoms with E-state index in [1.54, 1.807) is 0 Å². The van der Waals surface area contributed by atoms with Crippen LogP contribution in [0.5, 0.6) is 0 Å². The van der Waals surface area contributed by atoms with Gasteiger partial charge in [-0.3, -0.25) is 9.59 Å². The molecule has 0 aliphatic carbocycles. The second-order valence-corrected chi connectivity index (χ2v) is 5.21. The van der Waals surface area contributed by atoms with Gasteiger partial charge in [0.25, 0.3) is 0 Å². The summed E-state index contributed by atoms with van der Waals surface area (Å²) in [6, 6.07) is 7.87. The molecule has 0 fully saturated rings. The summed E-state index contributed by atoms with van der Waals surface area (Å²) in [6.45, 7) is 7.77. The van der Waals surface area contributed by atoms with E-state index in [1.165, 1.54) is 0 Å². The van der Waals surface area contributed by atoms with Crippen LogP contribution in [0.25, 0.3) is 11.1 Å². The Morgan fingerprint density at radius 2 is 0.900 bits per heavy atom. The molecule has 0 amide bonds. The van der Waals surface area contributed by atoms with Crippen molar-refractivity contribution in [1.82, 2.24) is 0 Å². The Kier molecular flexibility index (Phi) is 3.84. The van der Waals surface area contributed by atoms with Gasteiger partial charge in [-0.15, -0.1) is 0 Å². The number of carbonyl (C=O) groups is 2. The van der Waals surface area contributed by atoms with Crippen molar-refractivity contribution in [2.45, 2.75) is 27.7 Å². The lowest BCUT2D eigenvalue weighted by atomic mass is 9.86. The molecule has 2 heteroatoms. The highest BCUT2D eigenvalue weighted by Crippen LogP contribution is 2.34. The molecule has 0 atom stereocenters. The topological polar surface area (TPSA) is 34.1 Å². The Hall–Kier alpha value is -2.22. The average Bonchev–Trinajstić information content (AvgIpc) is 2.43. The van der Waals surface area contributed by atoms with Crippen LogP contribution in [0.3, 0.4) is 0 Å². The maximum Gasteiger partial charge on any atom is 0.150 e. The molecule has 2 aromatic rings. The molecule has 102 valence electrons. The number of rotatable bonds is 3. The lowest BCUT2D eigenvalue weighted by Crippen LogP contribution is -2.01. The number of hydrogen-bond acceptors (Lipinski definition) is 2. The highest BCUT2D eigenvalue weighted by Gasteiger charge is 2.17. The predicted molar refractivity (Wildman–Crippen MR) is 81.6 cm³/mol. The molecule has 2 aromatic carbocycles. The Labute approximate surface area is 119 Å². The van der Waals surface area contributed by atoms with E-state index in [9.17, 15) is 9.59 Å². The smallest absolute Gasteiger partial charge is 0.150 e. The molecule has 0 bridgehead atoms. The van der Waals surface area contributed by atoms with Crippen molar-refractivity contribution in [3.8, 4) is 11.1 Å². The Bertz CT molecular complexity index is 636. The SMILES string of the molecule is Cc1ccc(C)c(-c2c(C)ccc(C)c2C=O)c1C=O. The molecule has 0 radical (unpaired) electrons. The molecule has 0 heterocycles. The first-order valence-electron chi connectivity index (χ1n) is 6.62. The number of aryl methyl sites for hydroxylation is 4. The van der Waals surface area contributed by atoms with Gasteiger partial charge < -0.3 is 0 Å². The van der Waals surface area contributed by atoms with Gasteiger partial charge in [-0.05, 0) is 61.1 Å². The van der Waals surface area contributed by atoms with Crippen LogP contribution in [0.1, 0.15) is 43.0 Å². The van der Waals surface area contributed by atoms with Crippen molar-refractivity contribution in [3.05, 3.63) is 57.6 Å². The van der Waals surface area contributed by atoms with Crippen LogP contribution in [0.15, 0.2) is 24.3 Å². The van der Waals surface area contributed by atoms with Crippen LogP contribution >= 0.6 is 0 Å². The molecule has 0 unspecified atom stereocenters. The Morgan fingerprint density at radius 3 is 1.20 bits per heavy atom. The lowest BCUT2D eigenvalue weighted by Gasteiger charge is -2.17. The second kappa shape index (κ2) is 5.41. The van der Waals surface area contributed by atoms with Crippen molar-refractivity contribution in [2.24, 2.45) is 0 Å². The number of hydrogen-bond donors (Lipinski definition) is 0. The normalized spacial score (nSPS) is 10.4. The van der Waals surface area contributed by atoms with Gasteiger partial charge in [0, 0.05) is 11.1 Å². The summed E-state index contributed by atoms with van der Waals surface area (Å²) >= 11 is 0. The first kappa shape index (κ1) is 14.2. The molecule has 0 aromatic heterocycles. The van der Waals surface area contributed by atoms with Gasteiger partial charge in [-0.2, -0.15) is 0 Å². The fourth-order valence-corrected chi connectivity index (χ4v) is 2.63. The molecular formula is C18H18O2. The van der Waals surface area contributed by atoms with Crippen LogP contribution in [0.2, 0.25) is 0 Å². The van der Waals surface area contributed by atoms with Crippen molar-refractivity contribution < 1.29 is 9.59 Å². The van der Waals surface area contributed by atoms with Crippen molar-refractivity contribution in [2.75, 3.05) is 0 Å². The lowest BCUT2D eigenvalue weighted by molar-refractivity contribution is 0.111. The molecule has 0 saturated carbocycles. The van der Waals surface area contributed by atoms with Crippen molar-refractivity contribution in [3.63, 3.8) is 0 Å². The van der Waals surface area contributed by atoms with Gasteiger partial charge in [0.05, 0.1) is 0 Å². The molecule has 0 aliphatic rings. The molecule has 0 N–H and O–H groups in total. The van der Waals surface area contributed by atoms with E-state index >= 15 is 0 Å². The van der Waals surface area contributed by atoms with E-state index in [2.05, 4.69) is 0 Å². The van der Waals surface area contributed by atoms with E-state index in [0.717, 1.165) is 46.0 Å². The van der Waals surface area contributed by atoms with Crippen LogP contribution < -0.4 is 0 Å². The molecule has 0 spiro atoms. The summed E-state index contributed by atoms with van der Waals surface area (Å²) < 4.78 is 0. The molecular weight excluding hydrogens is 248 g/mol. The number of carbonyl (C=O) groups excluding carboxylic acids is 2. The van der Waals surface area contributed by atoms with E-state index < -0.39 is 0 Å². The first-order valence-corrected chi connectivity index (χ1v) is 6.62. The van der Waals surface area contributed by atoms with Gasteiger partial charge in [-0.1, -0.05) is 24.3 Å². The fraction of sp³-hybridized carbons (Fsp3) is 0.222. The molecule has 2 nitrogen and oxygen atoms in total. The number of aldehydes is 2. The summed E-state index contributed by atoms with van der Waals surface area (Å²) in [4.78, 5) is 23.0. The van der Waals surface area contributed by atoms with E-state index in [4.69, 9.17) is 0 Å².